The molecule has 0 radical (unpaired) electrons. The lowest BCUT2D eigenvalue weighted by molar-refractivity contribution is -0.143. The zero-order chi connectivity index (χ0) is 13.7. The molecule has 4 nitrogen and oxygen atoms in total. The van der Waals surface area contributed by atoms with Gasteiger partial charge >= 0.3 is 5.97 Å². The number of ether oxygens (including phenoxy) is 1. The number of nitrogens with zero attached hydrogens (tertiary/aromatic N) is 1. The number of carbonyl (C=O) groups excluding carboxylic acids is 1. The second kappa shape index (κ2) is 7.25. The maximum Gasteiger partial charge on any atom is 0.324 e. The molecule has 0 aliphatic heterocycles. The molecule has 0 saturated heterocycles. The van der Waals surface area contributed by atoms with Gasteiger partial charge in [-0.3, -0.25) is 9.69 Å². The zero-order valence-corrected chi connectivity index (χ0v) is 12.4. The Hall–Kier alpha value is -0.610. The molecule has 0 aromatic carbocycles. The monoisotopic (exact) mass is 268 g/mol. The predicted octanol–water partition coefficient (Wildman–Crippen LogP) is 1.93. The Labute approximate surface area is 116 Å². The van der Waals surface area contributed by atoms with E-state index in [0.29, 0.717) is 12.1 Å². The van der Waals surface area contributed by atoms with Crippen LogP contribution in [0, 0.1) is 0 Å². The van der Waals surface area contributed by atoms with Crippen molar-refractivity contribution in [3.05, 3.63) is 0 Å². The van der Waals surface area contributed by atoms with Crippen molar-refractivity contribution in [3.63, 3.8) is 0 Å². The summed E-state index contributed by atoms with van der Waals surface area (Å²) in [7, 11) is 1.49. The van der Waals surface area contributed by atoms with Crippen molar-refractivity contribution in [2.75, 3.05) is 20.2 Å². The smallest absolute Gasteiger partial charge is 0.324 e. The Morgan fingerprint density at radius 3 is 2.47 bits per heavy atom. The molecule has 4 heteroatoms. The molecule has 0 amide bonds. The average molecular weight is 268 g/mol. The van der Waals surface area contributed by atoms with Gasteiger partial charge in [0.15, 0.2) is 0 Å². The van der Waals surface area contributed by atoms with Crippen LogP contribution in [0.4, 0.5) is 0 Å². The average Bonchev–Trinajstić information content (AvgIpc) is 3.27. The SMILES string of the molecule is CCN(CC(NC1CC1)C(=O)OC)C1CCCCC1. The van der Waals surface area contributed by atoms with Crippen molar-refractivity contribution >= 4 is 5.97 Å². The molecular weight excluding hydrogens is 240 g/mol. The van der Waals surface area contributed by atoms with Crippen LogP contribution in [0.1, 0.15) is 51.9 Å². The largest absolute Gasteiger partial charge is 0.468 e. The number of rotatable bonds is 7. The van der Waals surface area contributed by atoms with Gasteiger partial charge in [-0.1, -0.05) is 26.2 Å². The molecule has 2 rings (SSSR count). The third kappa shape index (κ3) is 4.46. The molecule has 2 aliphatic carbocycles. The fraction of sp³-hybridized carbons (Fsp3) is 0.933. The summed E-state index contributed by atoms with van der Waals surface area (Å²) in [6.07, 6.45) is 9.00. The Morgan fingerprint density at radius 1 is 1.26 bits per heavy atom. The Balaban J connectivity index is 1.89. The number of nitrogens with one attached hydrogen (secondary N) is 1. The van der Waals surface area contributed by atoms with E-state index >= 15 is 0 Å². The van der Waals surface area contributed by atoms with E-state index in [1.165, 1.54) is 52.1 Å². The summed E-state index contributed by atoms with van der Waals surface area (Å²) in [5.74, 6) is -0.110. The topological polar surface area (TPSA) is 41.6 Å². The first kappa shape index (κ1) is 14.8. The van der Waals surface area contributed by atoms with Crippen LogP contribution < -0.4 is 5.32 Å². The lowest BCUT2D eigenvalue weighted by atomic mass is 9.94. The highest BCUT2D eigenvalue weighted by molar-refractivity contribution is 5.76. The van der Waals surface area contributed by atoms with Crippen molar-refractivity contribution in [2.24, 2.45) is 0 Å². The van der Waals surface area contributed by atoms with Gasteiger partial charge in [-0.25, -0.2) is 0 Å². The first-order valence-corrected chi connectivity index (χ1v) is 7.82. The molecule has 1 N–H and O–H groups in total. The Morgan fingerprint density at radius 2 is 1.95 bits per heavy atom. The highest BCUT2D eigenvalue weighted by Crippen LogP contribution is 2.24. The van der Waals surface area contributed by atoms with E-state index in [0.717, 1.165) is 13.1 Å². The fourth-order valence-corrected chi connectivity index (χ4v) is 3.09. The first-order valence-electron chi connectivity index (χ1n) is 7.82. The fourth-order valence-electron chi connectivity index (χ4n) is 3.09. The molecule has 0 heterocycles. The van der Waals surface area contributed by atoms with Crippen LogP contribution in [-0.4, -0.2) is 49.2 Å². The van der Waals surface area contributed by atoms with E-state index in [9.17, 15) is 4.79 Å². The number of hydrogen-bond donors (Lipinski definition) is 1. The molecular formula is C15H28N2O2. The quantitative estimate of drug-likeness (QED) is 0.716. The van der Waals surface area contributed by atoms with Crippen LogP contribution in [-0.2, 0) is 9.53 Å². The maximum absolute atomic E-state index is 11.9. The third-order valence-electron chi connectivity index (χ3n) is 4.41. The Kier molecular flexibility index (Phi) is 5.64. The van der Waals surface area contributed by atoms with Crippen molar-refractivity contribution in [3.8, 4) is 0 Å². The number of esters is 1. The van der Waals surface area contributed by atoms with Crippen LogP contribution in [0.25, 0.3) is 0 Å². The van der Waals surface area contributed by atoms with Crippen LogP contribution >= 0.6 is 0 Å². The molecule has 0 spiro atoms. The minimum atomic E-state index is -0.153. The third-order valence-corrected chi connectivity index (χ3v) is 4.41. The summed E-state index contributed by atoms with van der Waals surface area (Å²) < 4.78 is 4.95. The highest BCUT2D eigenvalue weighted by atomic mass is 16.5. The van der Waals surface area contributed by atoms with E-state index in [4.69, 9.17) is 4.74 Å². The summed E-state index contributed by atoms with van der Waals surface area (Å²) in [4.78, 5) is 14.4. The number of carbonyl (C=O) groups is 1. The molecule has 1 atom stereocenters. The summed E-state index contributed by atoms with van der Waals surface area (Å²) in [6.45, 7) is 4.01. The summed E-state index contributed by atoms with van der Waals surface area (Å²) in [6, 6.07) is 1.04. The Bertz CT molecular complexity index is 286. The highest BCUT2D eigenvalue weighted by Gasteiger charge is 2.31. The predicted molar refractivity (Wildman–Crippen MR) is 76.1 cm³/mol. The van der Waals surface area contributed by atoms with E-state index in [2.05, 4.69) is 17.1 Å². The van der Waals surface area contributed by atoms with Gasteiger partial charge in [-0.2, -0.15) is 0 Å². The second-order valence-electron chi connectivity index (χ2n) is 5.90. The molecule has 2 aliphatic rings. The summed E-state index contributed by atoms with van der Waals surface area (Å²) >= 11 is 0. The minimum Gasteiger partial charge on any atom is -0.468 e. The van der Waals surface area contributed by atoms with Gasteiger partial charge in [-0.05, 0) is 32.2 Å². The van der Waals surface area contributed by atoms with Gasteiger partial charge in [0.2, 0.25) is 0 Å². The van der Waals surface area contributed by atoms with Crippen LogP contribution in [0.2, 0.25) is 0 Å². The van der Waals surface area contributed by atoms with Crippen molar-refractivity contribution in [1.82, 2.24) is 10.2 Å². The van der Waals surface area contributed by atoms with E-state index in [1.807, 2.05) is 0 Å². The molecule has 1 unspecified atom stereocenters. The van der Waals surface area contributed by atoms with Crippen LogP contribution in [0.15, 0.2) is 0 Å². The minimum absolute atomic E-state index is 0.110. The molecule has 0 aromatic rings. The molecule has 0 bridgehead atoms. The van der Waals surface area contributed by atoms with Crippen LogP contribution in [0.3, 0.4) is 0 Å². The molecule has 0 aromatic heterocycles. The van der Waals surface area contributed by atoms with Gasteiger partial charge in [0.25, 0.3) is 0 Å². The second-order valence-corrected chi connectivity index (χ2v) is 5.90. The van der Waals surface area contributed by atoms with Crippen molar-refractivity contribution < 1.29 is 9.53 Å². The first-order chi connectivity index (χ1) is 9.24. The van der Waals surface area contributed by atoms with Gasteiger partial charge in [0.1, 0.15) is 6.04 Å². The van der Waals surface area contributed by atoms with Crippen molar-refractivity contribution in [1.29, 1.82) is 0 Å². The van der Waals surface area contributed by atoms with E-state index in [-0.39, 0.29) is 12.0 Å². The zero-order valence-electron chi connectivity index (χ0n) is 12.4. The summed E-state index contributed by atoms with van der Waals surface area (Å²) in [5, 5.41) is 3.43. The van der Waals surface area contributed by atoms with Crippen molar-refractivity contribution in [2.45, 2.75) is 70.0 Å². The van der Waals surface area contributed by atoms with E-state index < -0.39 is 0 Å². The number of hydrogen-bond acceptors (Lipinski definition) is 4. The van der Waals surface area contributed by atoms with Gasteiger partial charge < -0.3 is 10.1 Å². The van der Waals surface area contributed by atoms with E-state index in [1.54, 1.807) is 0 Å². The lowest BCUT2D eigenvalue weighted by Crippen LogP contribution is -2.50. The number of methoxy groups -OCH3 is 1. The lowest BCUT2D eigenvalue weighted by Gasteiger charge is -2.35. The molecule has 19 heavy (non-hydrogen) atoms. The maximum atomic E-state index is 11.9. The van der Waals surface area contributed by atoms with Gasteiger partial charge in [-0.15, -0.1) is 0 Å². The normalized spacial score (nSPS) is 22.5. The molecule has 2 saturated carbocycles. The molecule has 110 valence electrons. The standard InChI is InChI=1S/C15H28N2O2/c1-3-17(13-7-5-4-6-8-13)11-14(15(18)19-2)16-12-9-10-12/h12-14,16H,3-11H2,1-2H3. The van der Waals surface area contributed by atoms with Gasteiger partial charge in [0.05, 0.1) is 7.11 Å². The van der Waals surface area contributed by atoms with Gasteiger partial charge in [0, 0.05) is 18.6 Å². The number of likely N-dealkylation sites (N-methyl/N-ethyl adjacent to an activating group) is 1. The van der Waals surface area contributed by atoms with Crippen LogP contribution in [0.5, 0.6) is 0 Å². The summed E-state index contributed by atoms with van der Waals surface area (Å²) in [5.41, 5.74) is 0. The molecule has 2 fully saturated rings.